The van der Waals surface area contributed by atoms with Gasteiger partial charge < -0.3 is 4.74 Å². The highest BCUT2D eigenvalue weighted by Crippen LogP contribution is 2.32. The summed E-state index contributed by atoms with van der Waals surface area (Å²) in [4.78, 5) is 11.7. The predicted molar refractivity (Wildman–Crippen MR) is 59.4 cm³/mol. The van der Waals surface area contributed by atoms with E-state index in [0.717, 1.165) is 30.6 Å². The van der Waals surface area contributed by atoms with Gasteiger partial charge >= 0.3 is 0 Å². The first kappa shape index (κ1) is 10.5. The van der Waals surface area contributed by atoms with Crippen molar-refractivity contribution in [2.24, 2.45) is 5.92 Å². The van der Waals surface area contributed by atoms with Crippen LogP contribution in [0.1, 0.15) is 39.5 Å². The van der Waals surface area contributed by atoms with Crippen LogP contribution in [0.25, 0.3) is 0 Å². The summed E-state index contributed by atoms with van der Waals surface area (Å²) in [6.45, 7) is 4.26. The molecule has 2 rings (SSSR count). The Balaban J connectivity index is 2.15. The lowest BCUT2D eigenvalue weighted by atomic mass is 9.87. The Kier molecular flexibility index (Phi) is 2.94. The van der Waals surface area contributed by atoms with Gasteiger partial charge in [-0.3, -0.25) is 4.79 Å². The van der Waals surface area contributed by atoms with Gasteiger partial charge in [-0.25, -0.2) is 0 Å². The van der Waals surface area contributed by atoms with Crippen LogP contribution in [0.5, 0.6) is 0 Å². The zero-order chi connectivity index (χ0) is 10.8. The monoisotopic (exact) mass is 206 g/mol. The van der Waals surface area contributed by atoms with Crippen LogP contribution in [0.2, 0.25) is 0 Å². The standard InChI is InChI=1S/C13H18O2/c1-3-4-10-5-6-11-12(14)7-9(2)8-13(11)15-10/h5-6,9-10H,3-4,7-8H2,1-2H3. The second-order valence-electron chi connectivity index (χ2n) is 4.58. The zero-order valence-electron chi connectivity index (χ0n) is 9.45. The predicted octanol–water partition coefficient (Wildman–Crippen LogP) is 2.99. The average molecular weight is 206 g/mol. The topological polar surface area (TPSA) is 26.3 Å². The van der Waals surface area contributed by atoms with Crippen LogP contribution in [-0.2, 0) is 9.53 Å². The van der Waals surface area contributed by atoms with Crippen LogP contribution in [-0.4, -0.2) is 11.9 Å². The number of ether oxygens (including phenoxy) is 1. The van der Waals surface area contributed by atoms with E-state index in [-0.39, 0.29) is 11.9 Å². The lowest BCUT2D eigenvalue weighted by molar-refractivity contribution is -0.117. The number of hydrogen-bond acceptors (Lipinski definition) is 2. The molecule has 0 saturated carbocycles. The second-order valence-corrected chi connectivity index (χ2v) is 4.58. The Hall–Kier alpha value is -1.05. The maximum absolute atomic E-state index is 11.7. The molecule has 1 aliphatic carbocycles. The van der Waals surface area contributed by atoms with Gasteiger partial charge in [0.15, 0.2) is 5.78 Å². The van der Waals surface area contributed by atoms with Crippen LogP contribution in [0.4, 0.5) is 0 Å². The van der Waals surface area contributed by atoms with Gasteiger partial charge in [0, 0.05) is 12.8 Å². The summed E-state index contributed by atoms with van der Waals surface area (Å²) in [7, 11) is 0. The SMILES string of the molecule is CCCC1C=CC2=C(CC(C)CC2=O)O1. The molecule has 2 nitrogen and oxygen atoms in total. The van der Waals surface area contributed by atoms with E-state index in [1.54, 1.807) is 0 Å². The molecule has 0 amide bonds. The molecule has 2 aliphatic rings. The maximum atomic E-state index is 11.7. The summed E-state index contributed by atoms with van der Waals surface area (Å²) in [6, 6.07) is 0. The number of allylic oxidation sites excluding steroid dienone is 3. The van der Waals surface area contributed by atoms with Gasteiger partial charge in [-0.1, -0.05) is 20.3 Å². The molecule has 0 saturated heterocycles. The average Bonchev–Trinajstić information content (AvgIpc) is 2.17. The number of hydrogen-bond donors (Lipinski definition) is 0. The molecule has 2 atom stereocenters. The molecule has 0 radical (unpaired) electrons. The molecule has 0 N–H and O–H groups in total. The number of carbonyl (C=O) groups is 1. The van der Waals surface area contributed by atoms with E-state index in [9.17, 15) is 4.79 Å². The number of ketones is 1. The smallest absolute Gasteiger partial charge is 0.166 e. The van der Waals surface area contributed by atoms with Crippen molar-refractivity contribution in [3.05, 3.63) is 23.5 Å². The number of Topliss-reactive ketones (excluding diaryl/α,β-unsaturated/α-hetero) is 1. The Morgan fingerprint density at radius 2 is 2.27 bits per heavy atom. The molecule has 0 spiro atoms. The van der Waals surface area contributed by atoms with Gasteiger partial charge in [0.25, 0.3) is 0 Å². The maximum Gasteiger partial charge on any atom is 0.166 e. The molecule has 0 fully saturated rings. The van der Waals surface area contributed by atoms with Crippen molar-refractivity contribution < 1.29 is 9.53 Å². The van der Waals surface area contributed by atoms with Crippen molar-refractivity contribution >= 4 is 5.78 Å². The highest BCUT2D eigenvalue weighted by atomic mass is 16.5. The largest absolute Gasteiger partial charge is 0.490 e. The highest BCUT2D eigenvalue weighted by Gasteiger charge is 2.28. The highest BCUT2D eigenvalue weighted by molar-refractivity contribution is 5.99. The van der Waals surface area contributed by atoms with E-state index in [1.165, 1.54) is 0 Å². The summed E-state index contributed by atoms with van der Waals surface area (Å²) >= 11 is 0. The fourth-order valence-corrected chi connectivity index (χ4v) is 2.24. The first-order chi connectivity index (χ1) is 7.20. The molecule has 0 aromatic heterocycles. The molecule has 1 aliphatic heterocycles. The van der Waals surface area contributed by atoms with Gasteiger partial charge in [-0.2, -0.15) is 0 Å². The van der Waals surface area contributed by atoms with Crippen LogP contribution >= 0.6 is 0 Å². The summed E-state index contributed by atoms with van der Waals surface area (Å²) in [6.07, 6.45) is 7.92. The van der Waals surface area contributed by atoms with Crippen molar-refractivity contribution in [3.8, 4) is 0 Å². The molecular formula is C13H18O2. The zero-order valence-corrected chi connectivity index (χ0v) is 9.45. The van der Waals surface area contributed by atoms with E-state index in [0.29, 0.717) is 12.3 Å². The molecule has 0 aromatic rings. The van der Waals surface area contributed by atoms with E-state index in [1.807, 2.05) is 12.2 Å². The van der Waals surface area contributed by atoms with Crippen molar-refractivity contribution in [1.82, 2.24) is 0 Å². The lowest BCUT2D eigenvalue weighted by Gasteiger charge is -2.28. The summed E-state index contributed by atoms with van der Waals surface area (Å²) in [5.41, 5.74) is 0.820. The number of carbonyl (C=O) groups excluding carboxylic acids is 1. The van der Waals surface area contributed by atoms with E-state index < -0.39 is 0 Å². The number of rotatable bonds is 2. The fraction of sp³-hybridized carbons (Fsp3) is 0.615. The van der Waals surface area contributed by atoms with E-state index >= 15 is 0 Å². The van der Waals surface area contributed by atoms with Crippen LogP contribution in [0.3, 0.4) is 0 Å². The van der Waals surface area contributed by atoms with Crippen molar-refractivity contribution in [2.75, 3.05) is 0 Å². The molecule has 0 aromatic carbocycles. The molecule has 15 heavy (non-hydrogen) atoms. The minimum Gasteiger partial charge on any atom is -0.490 e. The van der Waals surface area contributed by atoms with Gasteiger partial charge in [0.1, 0.15) is 11.9 Å². The third-order valence-corrected chi connectivity index (χ3v) is 3.01. The second kappa shape index (κ2) is 4.21. The quantitative estimate of drug-likeness (QED) is 0.694. The summed E-state index contributed by atoms with van der Waals surface area (Å²) in [5, 5.41) is 0. The molecule has 2 unspecified atom stereocenters. The van der Waals surface area contributed by atoms with Crippen molar-refractivity contribution in [3.63, 3.8) is 0 Å². The summed E-state index contributed by atoms with van der Waals surface area (Å²) < 4.78 is 5.84. The first-order valence-corrected chi connectivity index (χ1v) is 5.82. The van der Waals surface area contributed by atoms with E-state index in [2.05, 4.69) is 13.8 Å². The molecule has 1 heterocycles. The Labute approximate surface area is 91.0 Å². The fourth-order valence-electron chi connectivity index (χ4n) is 2.24. The molecular weight excluding hydrogens is 188 g/mol. The normalized spacial score (nSPS) is 30.1. The minimum atomic E-state index is 0.187. The van der Waals surface area contributed by atoms with Gasteiger partial charge in [0.05, 0.1) is 5.57 Å². The third-order valence-electron chi connectivity index (χ3n) is 3.01. The Bertz CT molecular complexity index is 325. The first-order valence-electron chi connectivity index (χ1n) is 5.82. The molecule has 0 bridgehead atoms. The van der Waals surface area contributed by atoms with Crippen molar-refractivity contribution in [1.29, 1.82) is 0 Å². The third kappa shape index (κ3) is 2.14. The van der Waals surface area contributed by atoms with Crippen LogP contribution in [0.15, 0.2) is 23.5 Å². The molecule has 82 valence electrons. The Morgan fingerprint density at radius 1 is 1.47 bits per heavy atom. The van der Waals surface area contributed by atoms with Gasteiger partial charge in [-0.05, 0) is 24.5 Å². The molecule has 2 heteroatoms. The van der Waals surface area contributed by atoms with E-state index in [4.69, 9.17) is 4.74 Å². The van der Waals surface area contributed by atoms with Crippen LogP contribution in [0, 0.1) is 5.92 Å². The summed E-state index contributed by atoms with van der Waals surface area (Å²) in [5.74, 6) is 1.61. The van der Waals surface area contributed by atoms with Crippen molar-refractivity contribution in [2.45, 2.75) is 45.6 Å². The van der Waals surface area contributed by atoms with Gasteiger partial charge in [0.2, 0.25) is 0 Å². The lowest BCUT2D eigenvalue weighted by Crippen LogP contribution is -2.24. The Morgan fingerprint density at radius 3 is 3.00 bits per heavy atom. The van der Waals surface area contributed by atoms with Crippen LogP contribution < -0.4 is 0 Å². The van der Waals surface area contributed by atoms with Gasteiger partial charge in [-0.15, -0.1) is 0 Å². The minimum absolute atomic E-state index is 0.187.